The van der Waals surface area contributed by atoms with Crippen molar-refractivity contribution in [2.24, 2.45) is 34.5 Å². The molecule has 0 radical (unpaired) electrons. The Balaban J connectivity index is 0.000000187. The first-order chi connectivity index (χ1) is 26.1. The molecule has 3 aliphatic carbocycles. The number of piperazine rings is 1. The molecule has 0 spiro atoms. The van der Waals surface area contributed by atoms with Crippen LogP contribution in [0.5, 0.6) is 11.5 Å². The highest BCUT2D eigenvalue weighted by Crippen LogP contribution is 2.65. The molecule has 3 amide bonds. The number of rotatable bonds is 5. The predicted molar refractivity (Wildman–Crippen MR) is 219 cm³/mol. The Labute approximate surface area is 337 Å². The molecule has 8 atom stereocenters. The molecule has 3 aliphatic heterocycles. The van der Waals surface area contributed by atoms with E-state index >= 15 is 0 Å². The van der Waals surface area contributed by atoms with E-state index in [1.54, 1.807) is 32.4 Å². The zero-order valence-corrected chi connectivity index (χ0v) is 35.0. The van der Waals surface area contributed by atoms with Gasteiger partial charge >= 0.3 is 0 Å². The maximum absolute atomic E-state index is 13.0. The van der Waals surface area contributed by atoms with Gasteiger partial charge in [0.15, 0.2) is 11.5 Å². The lowest BCUT2D eigenvalue weighted by molar-refractivity contribution is -0.141. The number of hydrogen-bond acceptors (Lipinski definition) is 10. The molecule has 4 N–H and O–H groups in total. The van der Waals surface area contributed by atoms with Crippen LogP contribution < -0.4 is 30.7 Å². The monoisotopic (exact) mass is 795 g/mol. The van der Waals surface area contributed by atoms with Crippen LogP contribution in [0.25, 0.3) is 10.9 Å². The Morgan fingerprint density at radius 2 is 1.68 bits per heavy atom. The topological polar surface area (TPSA) is 161 Å². The smallest absolute Gasteiger partial charge is 0.251 e. The lowest BCUT2D eigenvalue weighted by atomic mass is 9.48. The maximum atomic E-state index is 13.0. The Bertz CT molecular complexity index is 1820. The molecular formula is C42H62ClN7O6. The number of halogens is 1. The minimum atomic E-state index is -0.276. The first-order valence-electron chi connectivity index (χ1n) is 20.3. The third-order valence-corrected chi connectivity index (χ3v) is 13.8. The number of aromatic nitrogens is 2. The van der Waals surface area contributed by atoms with Crippen molar-refractivity contribution >= 4 is 52.8 Å². The Morgan fingerprint density at radius 3 is 2.34 bits per heavy atom. The average molecular weight is 796 g/mol. The fourth-order valence-corrected chi connectivity index (χ4v) is 10.9. The van der Waals surface area contributed by atoms with Crippen molar-refractivity contribution < 1.29 is 28.6 Å². The molecule has 13 nitrogen and oxygen atoms in total. The number of nitrogens with one attached hydrogen (secondary N) is 2. The number of anilines is 2. The fraction of sp³-hybridized carbons (Fsp3) is 0.690. The van der Waals surface area contributed by atoms with Crippen LogP contribution in [-0.2, 0) is 19.1 Å². The van der Waals surface area contributed by atoms with Crippen LogP contribution in [0.3, 0.4) is 0 Å². The summed E-state index contributed by atoms with van der Waals surface area (Å²) in [5.41, 5.74) is 6.91. The number of methoxy groups -OCH3 is 2. The largest absolute Gasteiger partial charge is 0.493 e. The average Bonchev–Trinajstić information content (AvgIpc) is 3.82. The molecule has 3 saturated carbocycles. The Hall–Kier alpha value is -3.84. The van der Waals surface area contributed by atoms with Crippen LogP contribution in [0.4, 0.5) is 11.8 Å². The van der Waals surface area contributed by atoms with Crippen LogP contribution in [0.15, 0.2) is 24.3 Å². The molecule has 4 heterocycles. The highest BCUT2D eigenvalue weighted by atomic mass is 35.5. The van der Waals surface area contributed by atoms with Crippen molar-refractivity contribution in [3.8, 4) is 11.5 Å². The van der Waals surface area contributed by atoms with E-state index in [0.717, 1.165) is 32.1 Å². The SMILES string of the molecule is CC(C)(C)NC(=O)[C@H]1CC[C@H]2[C@@H]3CC[C@H]4NC(=O)C=C[C@]4(C)[C@H]3CC[C@]12C.COc1cc2nc(N3CCN(C(=O)C4CCCO4)CC3)nc(N)c2cc1OC.Cl. The van der Waals surface area contributed by atoms with Gasteiger partial charge in [0.05, 0.1) is 19.7 Å². The molecule has 14 heteroatoms. The molecule has 2 aromatic rings. The van der Waals surface area contributed by atoms with Crippen LogP contribution in [0.1, 0.15) is 86.0 Å². The van der Waals surface area contributed by atoms with Crippen molar-refractivity contribution in [1.82, 2.24) is 25.5 Å². The number of ether oxygens (including phenoxy) is 3. The van der Waals surface area contributed by atoms with Crippen LogP contribution >= 0.6 is 12.4 Å². The molecule has 1 aromatic heterocycles. The molecule has 8 rings (SSSR count). The Kier molecular flexibility index (Phi) is 12.1. The standard InChI is InChI=1S/C23H36N2O2.C19H25N5O4.ClH/c1-21(2,3)25-20(27)17-8-7-15-14-6-9-18-23(5,13-11-19(26)24-18)16(14)10-12-22(15,17)4;1-26-15-10-12-13(11-16(15)27-2)21-19(22-17(12)20)24-7-5-23(6-8-24)18(25)14-4-3-9-28-14;/h11,13-18H,6-10,12H2,1-5H3,(H,24,26)(H,25,27);10-11,14H,3-9H2,1-2H3,(H2,20,21,22);1H/t14-,15-,16-,17+,18+,22-,23+;;/m0../s1. The van der Waals surface area contributed by atoms with E-state index in [4.69, 9.17) is 19.9 Å². The number of fused-ring (bicyclic) bond motifs is 6. The second kappa shape index (κ2) is 16.2. The third kappa shape index (κ3) is 7.86. The number of nitrogen functional groups attached to an aromatic ring is 1. The van der Waals surface area contributed by atoms with Gasteiger partial charge in [-0.3, -0.25) is 14.4 Å². The molecule has 1 aromatic carbocycles. The summed E-state index contributed by atoms with van der Waals surface area (Å²) in [6, 6.07) is 3.86. The molecule has 6 aliphatic rings. The summed E-state index contributed by atoms with van der Waals surface area (Å²) in [6.07, 6.45) is 12.2. The quantitative estimate of drug-likeness (QED) is 0.363. The number of nitrogens with zero attached hydrogens (tertiary/aromatic N) is 4. The van der Waals surface area contributed by atoms with Crippen LogP contribution in [-0.4, -0.2) is 97.3 Å². The van der Waals surface area contributed by atoms with Crippen molar-refractivity contribution in [3.63, 3.8) is 0 Å². The highest BCUT2D eigenvalue weighted by Gasteiger charge is 2.61. The number of hydrogen-bond donors (Lipinski definition) is 3. The van der Waals surface area contributed by atoms with Gasteiger partial charge in [-0.1, -0.05) is 19.9 Å². The number of carbonyl (C=O) groups is 3. The Morgan fingerprint density at radius 1 is 0.964 bits per heavy atom. The first kappa shape index (κ1) is 41.8. The minimum Gasteiger partial charge on any atom is -0.493 e. The molecular weight excluding hydrogens is 734 g/mol. The van der Waals surface area contributed by atoms with Gasteiger partial charge in [-0.15, -0.1) is 12.4 Å². The van der Waals surface area contributed by atoms with Crippen LogP contribution in [0, 0.1) is 34.5 Å². The molecule has 0 bridgehead atoms. The number of nitrogens with two attached hydrogens (primary N) is 1. The van der Waals surface area contributed by atoms with Crippen molar-refractivity contribution in [3.05, 3.63) is 24.3 Å². The van der Waals surface area contributed by atoms with Crippen molar-refractivity contribution in [2.45, 2.75) is 104 Å². The highest BCUT2D eigenvalue weighted by molar-refractivity contribution is 5.92. The maximum Gasteiger partial charge on any atom is 0.251 e. The summed E-state index contributed by atoms with van der Waals surface area (Å²) in [5, 5.41) is 7.19. The van der Waals surface area contributed by atoms with Crippen molar-refractivity contribution in [2.75, 3.05) is 57.6 Å². The number of carbonyl (C=O) groups excluding carboxylic acids is 3. The molecule has 2 saturated heterocycles. The minimum absolute atomic E-state index is 0. The lowest BCUT2D eigenvalue weighted by Gasteiger charge is -2.58. The van der Waals surface area contributed by atoms with Crippen molar-refractivity contribution in [1.29, 1.82) is 0 Å². The zero-order valence-electron chi connectivity index (χ0n) is 34.2. The first-order valence-corrected chi connectivity index (χ1v) is 20.3. The van der Waals surface area contributed by atoms with E-state index < -0.39 is 0 Å². The van der Waals surface area contributed by atoms with Gasteiger partial charge in [0, 0.05) is 67.2 Å². The van der Waals surface area contributed by atoms with E-state index in [9.17, 15) is 14.4 Å². The zero-order chi connectivity index (χ0) is 39.3. The van der Waals surface area contributed by atoms with E-state index in [2.05, 4.69) is 61.3 Å². The van der Waals surface area contributed by atoms with Gasteiger partial charge in [-0.05, 0) is 107 Å². The van der Waals surface area contributed by atoms with Gasteiger partial charge in [0.1, 0.15) is 11.9 Å². The van der Waals surface area contributed by atoms with Gasteiger partial charge in [0.2, 0.25) is 17.8 Å². The lowest BCUT2D eigenvalue weighted by Crippen LogP contribution is -2.59. The molecule has 5 fully saturated rings. The predicted octanol–water partition coefficient (Wildman–Crippen LogP) is 5.29. The second-order valence-corrected chi connectivity index (χ2v) is 18.1. The van der Waals surface area contributed by atoms with Gasteiger partial charge in [-0.2, -0.15) is 4.98 Å². The normalized spacial score (nSPS) is 32.2. The molecule has 308 valence electrons. The van der Waals surface area contributed by atoms with E-state index in [1.165, 1.54) is 19.3 Å². The summed E-state index contributed by atoms with van der Waals surface area (Å²) in [4.78, 5) is 50.4. The van der Waals surface area contributed by atoms with Gasteiger partial charge in [0.25, 0.3) is 5.91 Å². The van der Waals surface area contributed by atoms with Gasteiger partial charge < -0.3 is 40.4 Å². The van der Waals surface area contributed by atoms with E-state index in [0.29, 0.717) is 84.7 Å². The van der Waals surface area contributed by atoms with Gasteiger partial charge in [-0.25, -0.2) is 4.98 Å². The summed E-state index contributed by atoms with van der Waals surface area (Å²) in [6.45, 7) is 14.2. The summed E-state index contributed by atoms with van der Waals surface area (Å²) >= 11 is 0. The molecule has 1 unspecified atom stereocenters. The van der Waals surface area contributed by atoms with E-state index in [-0.39, 0.29) is 64.6 Å². The summed E-state index contributed by atoms with van der Waals surface area (Å²) < 4.78 is 16.2. The number of benzene rings is 1. The van der Waals surface area contributed by atoms with Crippen LogP contribution in [0.2, 0.25) is 0 Å². The third-order valence-electron chi connectivity index (χ3n) is 13.8. The number of amides is 3. The second-order valence-electron chi connectivity index (χ2n) is 18.1. The summed E-state index contributed by atoms with van der Waals surface area (Å²) in [5.74, 6) is 4.61. The molecule has 56 heavy (non-hydrogen) atoms. The van der Waals surface area contributed by atoms with E-state index in [1.807, 2.05) is 9.80 Å². The fourth-order valence-electron chi connectivity index (χ4n) is 10.9. The summed E-state index contributed by atoms with van der Waals surface area (Å²) in [7, 11) is 3.16.